The van der Waals surface area contributed by atoms with Crippen molar-refractivity contribution in [2.75, 3.05) is 24.2 Å². The summed E-state index contributed by atoms with van der Waals surface area (Å²) in [6.07, 6.45) is 1.47. The predicted octanol–water partition coefficient (Wildman–Crippen LogP) is 4.34. The first-order valence-electron chi connectivity index (χ1n) is 11.7. The molecule has 0 aliphatic rings. The van der Waals surface area contributed by atoms with E-state index in [-0.39, 0.29) is 37.7 Å². The molecule has 0 saturated heterocycles. The summed E-state index contributed by atoms with van der Waals surface area (Å²) in [5.74, 6) is -0.0596. The van der Waals surface area contributed by atoms with E-state index in [1.807, 2.05) is 45.0 Å². The summed E-state index contributed by atoms with van der Waals surface area (Å²) < 4.78 is 32.5. The number of para-hydroxylation sites is 2. The molecule has 0 aromatic heterocycles. The van der Waals surface area contributed by atoms with Gasteiger partial charge in [0.25, 0.3) is 0 Å². The number of methoxy groups -OCH3 is 1. The Bertz CT molecular complexity index is 1160. The van der Waals surface area contributed by atoms with Crippen LogP contribution in [0.4, 0.5) is 5.69 Å². The minimum atomic E-state index is -3.61. The van der Waals surface area contributed by atoms with Gasteiger partial charge in [0.1, 0.15) is 11.8 Å². The maximum absolute atomic E-state index is 13.4. The molecule has 1 N–H and O–H groups in total. The first-order valence-corrected chi connectivity index (χ1v) is 14.3. The Morgan fingerprint density at radius 3 is 2.36 bits per heavy atom. The summed E-state index contributed by atoms with van der Waals surface area (Å²) in [6.45, 7) is 7.70. The number of halogens is 1. The number of hydrogen-bond acceptors (Lipinski definition) is 5. The fraction of sp³-hybridized carbons (Fsp3) is 0.462. The predicted molar refractivity (Wildman–Crippen MR) is 146 cm³/mol. The number of carbonyl (C=O) groups is 2. The van der Waals surface area contributed by atoms with E-state index in [0.717, 1.165) is 16.3 Å². The third-order valence-corrected chi connectivity index (χ3v) is 7.09. The van der Waals surface area contributed by atoms with Crippen molar-refractivity contribution in [2.24, 2.45) is 0 Å². The van der Waals surface area contributed by atoms with Crippen molar-refractivity contribution in [3.05, 3.63) is 58.6 Å². The van der Waals surface area contributed by atoms with E-state index in [9.17, 15) is 18.0 Å². The van der Waals surface area contributed by atoms with Gasteiger partial charge in [-0.2, -0.15) is 0 Å². The van der Waals surface area contributed by atoms with Gasteiger partial charge >= 0.3 is 0 Å². The quantitative estimate of drug-likeness (QED) is 0.426. The van der Waals surface area contributed by atoms with Gasteiger partial charge in [-0.1, -0.05) is 40.2 Å². The highest BCUT2D eigenvalue weighted by molar-refractivity contribution is 9.10. The third kappa shape index (κ3) is 8.81. The number of amides is 2. The van der Waals surface area contributed by atoms with Crippen LogP contribution in [0.3, 0.4) is 0 Å². The summed E-state index contributed by atoms with van der Waals surface area (Å²) >= 11 is 3.45. The van der Waals surface area contributed by atoms with Crippen LogP contribution in [0.15, 0.2) is 53.0 Å². The zero-order valence-corrected chi connectivity index (χ0v) is 24.1. The Morgan fingerprint density at radius 1 is 1.11 bits per heavy atom. The normalized spacial score (nSPS) is 12.5. The summed E-state index contributed by atoms with van der Waals surface area (Å²) in [4.78, 5) is 27.8. The average molecular weight is 583 g/mol. The summed E-state index contributed by atoms with van der Waals surface area (Å²) in [5.41, 5.74) is 0.847. The molecule has 0 bridgehead atoms. The molecular formula is C26H36BrN3O5S. The molecule has 8 nitrogen and oxygen atoms in total. The van der Waals surface area contributed by atoms with Gasteiger partial charge in [-0.05, 0) is 63.9 Å². The molecule has 1 atom stereocenters. The zero-order chi connectivity index (χ0) is 27.1. The maximum atomic E-state index is 13.4. The monoisotopic (exact) mass is 581 g/mol. The van der Waals surface area contributed by atoms with E-state index in [1.165, 1.54) is 16.3 Å². The lowest BCUT2D eigenvalue weighted by Gasteiger charge is -2.32. The molecule has 2 amide bonds. The molecule has 0 fully saturated rings. The van der Waals surface area contributed by atoms with Crippen LogP contribution >= 0.6 is 15.9 Å². The second-order valence-corrected chi connectivity index (χ2v) is 12.5. The number of sulfonamides is 1. The highest BCUT2D eigenvalue weighted by Gasteiger charge is 2.29. The molecule has 36 heavy (non-hydrogen) atoms. The topological polar surface area (TPSA) is 96.0 Å². The van der Waals surface area contributed by atoms with Crippen LogP contribution in [0.5, 0.6) is 5.75 Å². The van der Waals surface area contributed by atoms with Crippen molar-refractivity contribution in [3.63, 3.8) is 0 Å². The highest BCUT2D eigenvalue weighted by atomic mass is 79.9. The number of benzene rings is 2. The largest absolute Gasteiger partial charge is 0.495 e. The van der Waals surface area contributed by atoms with Crippen molar-refractivity contribution in [1.82, 2.24) is 10.2 Å². The number of nitrogens with one attached hydrogen (secondary N) is 1. The molecule has 198 valence electrons. The number of carbonyl (C=O) groups excluding carboxylic acids is 2. The lowest BCUT2D eigenvalue weighted by atomic mass is 10.1. The summed E-state index contributed by atoms with van der Waals surface area (Å²) in [7, 11) is -2.13. The van der Waals surface area contributed by atoms with Crippen LogP contribution in [0.1, 0.15) is 46.1 Å². The van der Waals surface area contributed by atoms with Gasteiger partial charge in [0.05, 0.1) is 19.1 Å². The van der Waals surface area contributed by atoms with Crippen LogP contribution in [-0.2, 0) is 26.2 Å². The van der Waals surface area contributed by atoms with Crippen LogP contribution in [0, 0.1) is 0 Å². The lowest BCUT2D eigenvalue weighted by Crippen LogP contribution is -2.52. The molecule has 10 heteroatoms. The Kier molecular flexibility index (Phi) is 10.4. The first kappa shape index (κ1) is 29.6. The minimum absolute atomic E-state index is 0.0717. The van der Waals surface area contributed by atoms with Crippen molar-refractivity contribution in [3.8, 4) is 5.75 Å². The highest BCUT2D eigenvalue weighted by Crippen LogP contribution is 2.29. The van der Waals surface area contributed by atoms with E-state index in [1.54, 1.807) is 31.2 Å². The Balaban J connectivity index is 2.22. The molecular weight excluding hydrogens is 546 g/mol. The molecule has 1 unspecified atom stereocenters. The van der Waals surface area contributed by atoms with E-state index in [2.05, 4.69) is 21.2 Å². The number of anilines is 1. The molecule has 2 rings (SSSR count). The van der Waals surface area contributed by atoms with Crippen molar-refractivity contribution in [1.29, 1.82) is 0 Å². The third-order valence-electron chi connectivity index (χ3n) is 5.41. The smallest absolute Gasteiger partial charge is 0.242 e. The van der Waals surface area contributed by atoms with Gasteiger partial charge in [-0.3, -0.25) is 13.9 Å². The lowest BCUT2D eigenvalue weighted by molar-refractivity contribution is -0.141. The van der Waals surface area contributed by atoms with Crippen LogP contribution in [0.2, 0.25) is 0 Å². The number of ether oxygens (including phenoxy) is 1. The average Bonchev–Trinajstić information content (AvgIpc) is 2.78. The van der Waals surface area contributed by atoms with Gasteiger partial charge in [0.15, 0.2) is 0 Å². The molecule has 2 aromatic carbocycles. The van der Waals surface area contributed by atoms with Gasteiger partial charge in [-0.15, -0.1) is 0 Å². The molecule has 0 saturated carbocycles. The van der Waals surface area contributed by atoms with E-state index in [4.69, 9.17) is 4.74 Å². The van der Waals surface area contributed by atoms with Gasteiger partial charge in [-0.25, -0.2) is 8.42 Å². The zero-order valence-electron chi connectivity index (χ0n) is 21.7. The summed E-state index contributed by atoms with van der Waals surface area (Å²) in [6, 6.07) is 13.7. The SMILES string of the molecule is COc1ccccc1N(CCCC(=O)N(Cc1cccc(Br)c1)C(C)C(=O)NC(C)(C)C)S(C)(=O)=O. The van der Waals surface area contributed by atoms with E-state index in [0.29, 0.717) is 11.4 Å². The second kappa shape index (κ2) is 12.6. The molecule has 0 spiro atoms. The first-order chi connectivity index (χ1) is 16.7. The second-order valence-electron chi connectivity index (χ2n) is 9.68. The molecule has 0 aliphatic heterocycles. The molecule has 0 heterocycles. The van der Waals surface area contributed by atoms with Crippen molar-refractivity contribution >= 4 is 43.5 Å². The van der Waals surface area contributed by atoms with Crippen LogP contribution < -0.4 is 14.4 Å². The van der Waals surface area contributed by atoms with E-state index < -0.39 is 21.6 Å². The Morgan fingerprint density at radius 2 is 1.78 bits per heavy atom. The Hall–Kier alpha value is -2.59. The van der Waals surface area contributed by atoms with E-state index >= 15 is 0 Å². The number of nitrogens with zero attached hydrogens (tertiary/aromatic N) is 2. The van der Waals surface area contributed by atoms with Crippen LogP contribution in [0.25, 0.3) is 0 Å². The van der Waals surface area contributed by atoms with Gasteiger partial charge < -0.3 is 15.0 Å². The van der Waals surface area contributed by atoms with Crippen molar-refractivity contribution < 1.29 is 22.7 Å². The number of hydrogen-bond donors (Lipinski definition) is 1. The van der Waals surface area contributed by atoms with Crippen LogP contribution in [-0.4, -0.2) is 56.6 Å². The van der Waals surface area contributed by atoms with Gasteiger partial charge in [0, 0.05) is 29.5 Å². The maximum Gasteiger partial charge on any atom is 0.242 e. The number of rotatable bonds is 11. The molecule has 2 aromatic rings. The minimum Gasteiger partial charge on any atom is -0.495 e. The van der Waals surface area contributed by atoms with Gasteiger partial charge in [0.2, 0.25) is 21.8 Å². The Labute approximate surface area is 223 Å². The molecule has 0 radical (unpaired) electrons. The summed E-state index contributed by atoms with van der Waals surface area (Å²) in [5, 5.41) is 2.94. The van der Waals surface area contributed by atoms with Crippen molar-refractivity contribution in [2.45, 2.75) is 58.7 Å². The molecule has 0 aliphatic carbocycles. The fourth-order valence-electron chi connectivity index (χ4n) is 3.71. The fourth-order valence-corrected chi connectivity index (χ4v) is 5.12. The standard InChI is InChI=1S/C26H36BrN3O5S/c1-19(25(32)28-26(2,3)4)29(18-20-11-9-12-21(27)17-20)24(31)15-10-16-30(36(6,33)34)22-13-7-8-14-23(22)35-5/h7-9,11-14,17,19H,10,15-16,18H2,1-6H3,(H,28,32).